The van der Waals surface area contributed by atoms with Gasteiger partial charge < -0.3 is 36.2 Å². The quantitative estimate of drug-likeness (QED) is 0.215. The first-order chi connectivity index (χ1) is 21.0. The van der Waals surface area contributed by atoms with Gasteiger partial charge in [0.25, 0.3) is 5.91 Å². The zero-order valence-electron chi connectivity index (χ0n) is 23.4. The number of benzene rings is 1. The second-order valence-corrected chi connectivity index (χ2v) is 11.8. The fourth-order valence-corrected chi connectivity index (χ4v) is 6.79. The SMILES string of the molecule is NC(=O)c1c(Nc2cccc(-c3csc4c(=O)cc(N5CCOCC5)oc34)c2)nc(N[C@H]2CCCC[C@H]2N)n2ccnc12. The zero-order valence-corrected chi connectivity index (χ0v) is 24.2. The van der Waals surface area contributed by atoms with Gasteiger partial charge in [0, 0.05) is 60.3 Å². The van der Waals surface area contributed by atoms with Crippen molar-refractivity contribution in [1.82, 2.24) is 14.4 Å². The summed E-state index contributed by atoms with van der Waals surface area (Å²) in [5, 5.41) is 8.72. The van der Waals surface area contributed by atoms with Gasteiger partial charge in [0.1, 0.15) is 10.3 Å². The van der Waals surface area contributed by atoms with Crippen LogP contribution in [0.1, 0.15) is 36.0 Å². The maximum absolute atomic E-state index is 13.0. The molecule has 1 amide bonds. The van der Waals surface area contributed by atoms with Gasteiger partial charge in [-0.25, -0.2) is 4.98 Å². The van der Waals surface area contributed by atoms with Crippen LogP contribution in [0, 0.1) is 0 Å². The fourth-order valence-electron chi connectivity index (χ4n) is 5.87. The topological polar surface area (TPSA) is 166 Å². The van der Waals surface area contributed by atoms with Gasteiger partial charge in [-0.1, -0.05) is 25.0 Å². The average molecular weight is 601 g/mol. The van der Waals surface area contributed by atoms with Crippen LogP contribution in [0.2, 0.25) is 0 Å². The number of ether oxygens (including phenoxy) is 1. The summed E-state index contributed by atoms with van der Waals surface area (Å²) < 4.78 is 14.1. The zero-order chi connectivity index (χ0) is 29.5. The summed E-state index contributed by atoms with van der Waals surface area (Å²) in [7, 11) is 0. The predicted molar refractivity (Wildman–Crippen MR) is 167 cm³/mol. The average Bonchev–Trinajstić information content (AvgIpc) is 3.67. The molecule has 13 heteroatoms. The van der Waals surface area contributed by atoms with Crippen LogP contribution in [0.4, 0.5) is 23.3 Å². The van der Waals surface area contributed by atoms with Crippen LogP contribution in [-0.4, -0.2) is 58.7 Å². The number of imidazole rings is 1. The molecular weight excluding hydrogens is 568 g/mol. The van der Waals surface area contributed by atoms with Crippen molar-refractivity contribution in [1.29, 1.82) is 0 Å². The summed E-state index contributed by atoms with van der Waals surface area (Å²) >= 11 is 1.35. The Morgan fingerprint density at radius 1 is 1.14 bits per heavy atom. The number of thiophene rings is 1. The molecule has 43 heavy (non-hydrogen) atoms. The van der Waals surface area contributed by atoms with Gasteiger partial charge in [0.05, 0.1) is 13.2 Å². The first-order valence-electron chi connectivity index (χ1n) is 14.4. The Labute approximate surface area is 250 Å². The Balaban J connectivity index is 1.26. The molecule has 1 saturated heterocycles. The number of anilines is 4. The maximum atomic E-state index is 13.0. The Kier molecular flexibility index (Phi) is 7.21. The molecule has 0 bridgehead atoms. The van der Waals surface area contributed by atoms with E-state index in [1.807, 2.05) is 34.5 Å². The van der Waals surface area contributed by atoms with Gasteiger partial charge in [-0.3, -0.25) is 14.0 Å². The lowest BCUT2D eigenvalue weighted by Crippen LogP contribution is -2.43. The van der Waals surface area contributed by atoms with Crippen molar-refractivity contribution in [3.05, 3.63) is 63.9 Å². The predicted octanol–water partition coefficient (Wildman–Crippen LogP) is 3.93. The van der Waals surface area contributed by atoms with Crippen molar-refractivity contribution in [2.75, 3.05) is 41.8 Å². The van der Waals surface area contributed by atoms with E-state index in [0.717, 1.165) is 36.8 Å². The molecule has 1 aliphatic carbocycles. The molecule has 2 fully saturated rings. The van der Waals surface area contributed by atoms with Crippen LogP contribution in [0.5, 0.6) is 0 Å². The molecule has 5 heterocycles. The van der Waals surface area contributed by atoms with Gasteiger partial charge in [0.15, 0.2) is 22.9 Å². The number of nitrogens with one attached hydrogen (secondary N) is 2. The summed E-state index contributed by atoms with van der Waals surface area (Å²) in [4.78, 5) is 36.9. The first-order valence-corrected chi connectivity index (χ1v) is 15.3. The first kappa shape index (κ1) is 27.4. The summed E-state index contributed by atoms with van der Waals surface area (Å²) in [6.07, 6.45) is 7.42. The van der Waals surface area contributed by atoms with Crippen molar-refractivity contribution < 1.29 is 13.9 Å². The van der Waals surface area contributed by atoms with Crippen LogP contribution < -0.4 is 32.4 Å². The highest BCUT2D eigenvalue weighted by Gasteiger charge is 2.26. The Bertz CT molecular complexity index is 1880. The highest BCUT2D eigenvalue weighted by molar-refractivity contribution is 7.17. The maximum Gasteiger partial charge on any atom is 0.256 e. The van der Waals surface area contributed by atoms with E-state index >= 15 is 0 Å². The van der Waals surface area contributed by atoms with E-state index in [1.54, 1.807) is 22.9 Å². The van der Waals surface area contributed by atoms with Crippen LogP contribution >= 0.6 is 11.3 Å². The second-order valence-electron chi connectivity index (χ2n) is 10.9. The van der Waals surface area contributed by atoms with Gasteiger partial charge in [-0.05, 0) is 30.5 Å². The van der Waals surface area contributed by atoms with E-state index in [-0.39, 0.29) is 28.9 Å². The summed E-state index contributed by atoms with van der Waals surface area (Å²) in [6, 6.07) is 9.25. The van der Waals surface area contributed by atoms with Crippen LogP contribution in [0.15, 0.2) is 57.3 Å². The van der Waals surface area contributed by atoms with Crippen molar-refractivity contribution in [2.45, 2.75) is 37.8 Å². The van der Waals surface area contributed by atoms with E-state index in [4.69, 9.17) is 25.6 Å². The number of fused-ring (bicyclic) bond motifs is 2. The highest BCUT2D eigenvalue weighted by Crippen LogP contribution is 2.36. The molecule has 1 saturated carbocycles. The molecule has 4 aromatic heterocycles. The number of primary amides is 1. The fraction of sp³-hybridized carbons (Fsp3) is 0.333. The van der Waals surface area contributed by atoms with Gasteiger partial charge in [-0.2, -0.15) is 4.98 Å². The molecule has 1 aromatic carbocycles. The van der Waals surface area contributed by atoms with Crippen LogP contribution in [-0.2, 0) is 4.74 Å². The third-order valence-corrected chi connectivity index (χ3v) is 9.09. The monoisotopic (exact) mass is 600 g/mol. The third-order valence-electron chi connectivity index (χ3n) is 8.12. The van der Waals surface area contributed by atoms with Crippen molar-refractivity contribution in [3.8, 4) is 11.1 Å². The lowest BCUT2D eigenvalue weighted by atomic mass is 9.91. The molecule has 0 spiro atoms. The number of amides is 1. The van der Waals surface area contributed by atoms with E-state index < -0.39 is 5.91 Å². The standard InChI is InChI=1S/C30H32N8O4S/c31-20-6-1-2-7-21(20)35-30-36-28(24(27(32)40)29-33-8-9-38(29)30)34-18-5-3-4-17(14-18)19-16-43-26-22(39)15-23(42-25(19)26)37-10-12-41-13-11-37/h3-5,8-9,14-16,20-21,34H,1-2,6-7,10-13,31H2,(H2,32,40)(H,35,36)/t20-,21+/m1/s1. The van der Waals surface area contributed by atoms with E-state index in [2.05, 4.69) is 15.6 Å². The highest BCUT2D eigenvalue weighted by atomic mass is 32.1. The summed E-state index contributed by atoms with van der Waals surface area (Å²) in [6.45, 7) is 2.49. The number of nitrogens with zero attached hydrogens (tertiary/aromatic N) is 4. The molecule has 12 nitrogen and oxygen atoms in total. The number of morpholine rings is 1. The molecule has 1 aliphatic heterocycles. The van der Waals surface area contributed by atoms with Gasteiger partial charge >= 0.3 is 0 Å². The van der Waals surface area contributed by atoms with Crippen LogP contribution in [0.25, 0.3) is 27.1 Å². The lowest BCUT2D eigenvalue weighted by Gasteiger charge is -2.30. The minimum absolute atomic E-state index is 0.00211. The largest absolute Gasteiger partial charge is 0.439 e. The molecule has 2 aliphatic rings. The molecule has 0 radical (unpaired) electrons. The molecule has 7 rings (SSSR count). The molecule has 2 atom stereocenters. The Morgan fingerprint density at radius 3 is 2.79 bits per heavy atom. The molecule has 222 valence electrons. The molecule has 0 unspecified atom stereocenters. The van der Waals surface area contributed by atoms with Gasteiger partial charge in [-0.15, -0.1) is 11.3 Å². The Morgan fingerprint density at radius 2 is 1.98 bits per heavy atom. The number of nitrogens with two attached hydrogens (primary N) is 2. The summed E-state index contributed by atoms with van der Waals surface area (Å²) in [5.74, 6) is 0.701. The smallest absolute Gasteiger partial charge is 0.256 e. The number of rotatable bonds is 7. The normalized spacial score (nSPS) is 19.1. The van der Waals surface area contributed by atoms with E-state index in [0.29, 0.717) is 59.8 Å². The Hall–Kier alpha value is -4.46. The number of aromatic nitrogens is 3. The minimum atomic E-state index is -0.649. The van der Waals surface area contributed by atoms with Gasteiger partial charge in [0.2, 0.25) is 11.4 Å². The number of carbonyl (C=O) groups is 1. The van der Waals surface area contributed by atoms with E-state index in [1.165, 1.54) is 11.3 Å². The molecule has 5 aromatic rings. The van der Waals surface area contributed by atoms with Crippen molar-refractivity contribution in [3.63, 3.8) is 0 Å². The minimum Gasteiger partial charge on any atom is -0.439 e. The van der Waals surface area contributed by atoms with Crippen molar-refractivity contribution >= 4 is 56.5 Å². The third kappa shape index (κ3) is 5.19. The molecule has 6 N–H and O–H groups in total. The summed E-state index contributed by atoms with van der Waals surface area (Å²) in [5.41, 5.74) is 15.6. The number of hydrogen-bond donors (Lipinski definition) is 4. The lowest BCUT2D eigenvalue weighted by molar-refractivity contribution is 0.100. The van der Waals surface area contributed by atoms with Crippen molar-refractivity contribution in [2.24, 2.45) is 11.5 Å². The van der Waals surface area contributed by atoms with Crippen LogP contribution in [0.3, 0.4) is 0 Å². The number of carbonyl (C=O) groups excluding carboxylic acids is 1. The van der Waals surface area contributed by atoms with E-state index in [9.17, 15) is 9.59 Å². The second kappa shape index (κ2) is 11.3. The molecular formula is C30H32N8O4S. The number of hydrogen-bond acceptors (Lipinski definition) is 11.